The third-order valence-electron chi connectivity index (χ3n) is 3.06. The van der Waals surface area contributed by atoms with E-state index in [0.29, 0.717) is 20.9 Å². The quantitative estimate of drug-likeness (QED) is 0.753. The van der Waals surface area contributed by atoms with E-state index in [9.17, 15) is 4.39 Å². The maximum absolute atomic E-state index is 13.4. The van der Waals surface area contributed by atoms with Gasteiger partial charge >= 0.3 is 0 Å². The highest BCUT2D eigenvalue weighted by atomic mass is 79.9. The number of halogens is 4. The van der Waals surface area contributed by atoms with Gasteiger partial charge in [0.2, 0.25) is 0 Å². The molecular formula is C15H13BrCl2FN. The Bertz CT molecular complexity index is 578. The standard InChI is InChI=1S/C15H13BrCl2FN/c1-20-14(15-12(17)3-2-4-13(15)18)7-9-5-10(16)8-11(19)6-9/h2-6,8,14,20H,7H2,1H3. The highest BCUT2D eigenvalue weighted by Crippen LogP contribution is 2.32. The third kappa shape index (κ3) is 3.73. The van der Waals surface area contributed by atoms with Crippen LogP contribution in [0.3, 0.4) is 0 Å². The van der Waals surface area contributed by atoms with Crippen LogP contribution in [0.25, 0.3) is 0 Å². The van der Waals surface area contributed by atoms with E-state index in [1.54, 1.807) is 18.2 Å². The smallest absolute Gasteiger partial charge is 0.124 e. The van der Waals surface area contributed by atoms with Gasteiger partial charge in [0.1, 0.15) is 5.82 Å². The van der Waals surface area contributed by atoms with E-state index < -0.39 is 0 Å². The number of rotatable bonds is 4. The van der Waals surface area contributed by atoms with Crippen LogP contribution in [-0.4, -0.2) is 7.05 Å². The summed E-state index contributed by atoms with van der Waals surface area (Å²) in [6.45, 7) is 0. The predicted molar refractivity (Wildman–Crippen MR) is 86.1 cm³/mol. The monoisotopic (exact) mass is 375 g/mol. The maximum atomic E-state index is 13.4. The molecule has 1 nitrogen and oxygen atoms in total. The van der Waals surface area contributed by atoms with Crippen molar-refractivity contribution in [3.63, 3.8) is 0 Å². The summed E-state index contributed by atoms with van der Waals surface area (Å²) in [7, 11) is 1.83. The molecule has 0 heterocycles. The second-order valence-corrected chi connectivity index (χ2v) is 6.19. The van der Waals surface area contributed by atoms with Crippen LogP contribution in [0.4, 0.5) is 4.39 Å². The van der Waals surface area contributed by atoms with Crippen molar-refractivity contribution in [3.05, 3.63) is 67.9 Å². The van der Waals surface area contributed by atoms with Gasteiger partial charge in [0.05, 0.1) is 0 Å². The molecule has 106 valence electrons. The molecule has 0 aliphatic heterocycles. The highest BCUT2D eigenvalue weighted by Gasteiger charge is 2.17. The van der Waals surface area contributed by atoms with Crippen LogP contribution in [0.2, 0.25) is 10.0 Å². The Labute approximate surface area is 136 Å². The zero-order chi connectivity index (χ0) is 14.7. The van der Waals surface area contributed by atoms with E-state index in [-0.39, 0.29) is 11.9 Å². The number of hydrogen-bond donors (Lipinski definition) is 1. The van der Waals surface area contributed by atoms with Crippen LogP contribution in [0.1, 0.15) is 17.2 Å². The van der Waals surface area contributed by atoms with Crippen molar-refractivity contribution in [2.24, 2.45) is 0 Å². The lowest BCUT2D eigenvalue weighted by Crippen LogP contribution is -2.19. The van der Waals surface area contributed by atoms with Crippen LogP contribution in [0.5, 0.6) is 0 Å². The fourth-order valence-electron chi connectivity index (χ4n) is 2.16. The molecule has 5 heteroatoms. The first-order valence-corrected chi connectivity index (χ1v) is 7.62. The van der Waals surface area contributed by atoms with Crippen molar-refractivity contribution in [2.45, 2.75) is 12.5 Å². The minimum absolute atomic E-state index is 0.0788. The van der Waals surface area contributed by atoms with Crippen molar-refractivity contribution < 1.29 is 4.39 Å². The van der Waals surface area contributed by atoms with E-state index >= 15 is 0 Å². The first kappa shape index (κ1) is 15.8. The van der Waals surface area contributed by atoms with Gasteiger partial charge < -0.3 is 5.32 Å². The minimum atomic E-state index is -0.269. The van der Waals surface area contributed by atoms with E-state index in [1.165, 1.54) is 12.1 Å². The molecule has 2 aromatic carbocycles. The maximum Gasteiger partial charge on any atom is 0.124 e. The molecule has 0 bridgehead atoms. The van der Waals surface area contributed by atoms with E-state index in [1.807, 2.05) is 13.1 Å². The van der Waals surface area contributed by atoms with E-state index in [2.05, 4.69) is 21.2 Å². The van der Waals surface area contributed by atoms with Gasteiger partial charge in [-0.25, -0.2) is 4.39 Å². The molecule has 0 saturated heterocycles. The van der Waals surface area contributed by atoms with Gasteiger partial charge in [-0.05, 0) is 49.4 Å². The Morgan fingerprint density at radius 3 is 2.40 bits per heavy atom. The van der Waals surface area contributed by atoms with Crippen LogP contribution in [0.15, 0.2) is 40.9 Å². The molecule has 0 radical (unpaired) electrons. The Kier molecular flexibility index (Phi) is 5.44. The Morgan fingerprint density at radius 2 is 1.85 bits per heavy atom. The molecule has 0 saturated carbocycles. The Balaban J connectivity index is 2.34. The molecule has 0 aliphatic rings. The molecular weight excluding hydrogens is 364 g/mol. The minimum Gasteiger partial charge on any atom is -0.313 e. The van der Waals surface area contributed by atoms with Gasteiger partial charge in [-0.15, -0.1) is 0 Å². The van der Waals surface area contributed by atoms with Gasteiger partial charge in [-0.1, -0.05) is 45.2 Å². The molecule has 1 N–H and O–H groups in total. The summed E-state index contributed by atoms with van der Waals surface area (Å²) in [5, 5.41) is 4.39. The molecule has 0 aliphatic carbocycles. The topological polar surface area (TPSA) is 12.0 Å². The van der Waals surface area contributed by atoms with Crippen molar-refractivity contribution in [3.8, 4) is 0 Å². The molecule has 2 aromatic rings. The Morgan fingerprint density at radius 1 is 1.20 bits per heavy atom. The number of hydrogen-bond acceptors (Lipinski definition) is 1. The van der Waals surface area contributed by atoms with Gasteiger partial charge in [0.15, 0.2) is 0 Å². The zero-order valence-electron chi connectivity index (χ0n) is 10.8. The second-order valence-electron chi connectivity index (χ2n) is 4.46. The lowest BCUT2D eigenvalue weighted by molar-refractivity contribution is 0.584. The molecule has 0 amide bonds. The van der Waals surface area contributed by atoms with E-state index in [4.69, 9.17) is 23.2 Å². The van der Waals surface area contributed by atoms with Gasteiger partial charge in [-0.2, -0.15) is 0 Å². The molecule has 0 fully saturated rings. The summed E-state index contributed by atoms with van der Waals surface area (Å²) in [6, 6.07) is 10.2. The van der Waals surface area contributed by atoms with Crippen molar-refractivity contribution in [1.82, 2.24) is 5.32 Å². The fraction of sp³-hybridized carbons (Fsp3) is 0.200. The van der Waals surface area contributed by atoms with Crippen molar-refractivity contribution in [1.29, 1.82) is 0 Å². The summed E-state index contributed by atoms with van der Waals surface area (Å²) >= 11 is 15.7. The van der Waals surface area contributed by atoms with Gasteiger partial charge in [-0.3, -0.25) is 0 Å². The summed E-state index contributed by atoms with van der Waals surface area (Å²) in [5.74, 6) is -0.269. The molecule has 20 heavy (non-hydrogen) atoms. The molecule has 1 unspecified atom stereocenters. The summed E-state index contributed by atoms with van der Waals surface area (Å²) < 4.78 is 14.2. The van der Waals surface area contributed by atoms with Crippen LogP contribution >= 0.6 is 39.1 Å². The van der Waals surface area contributed by atoms with Crippen LogP contribution in [-0.2, 0) is 6.42 Å². The molecule has 0 aromatic heterocycles. The predicted octanol–water partition coefficient (Wildman–Crippen LogP) is 5.40. The van der Waals surface area contributed by atoms with Crippen molar-refractivity contribution in [2.75, 3.05) is 7.05 Å². The average Bonchev–Trinajstić information content (AvgIpc) is 2.36. The van der Waals surface area contributed by atoms with E-state index in [0.717, 1.165) is 11.1 Å². The van der Waals surface area contributed by atoms with Crippen molar-refractivity contribution >= 4 is 39.1 Å². The van der Waals surface area contributed by atoms with Crippen LogP contribution in [0, 0.1) is 5.82 Å². The summed E-state index contributed by atoms with van der Waals surface area (Å²) in [5.41, 5.74) is 1.70. The van der Waals surface area contributed by atoms with Crippen LogP contribution < -0.4 is 5.32 Å². The second kappa shape index (κ2) is 6.90. The average molecular weight is 377 g/mol. The summed E-state index contributed by atoms with van der Waals surface area (Å²) in [6.07, 6.45) is 0.594. The lowest BCUT2D eigenvalue weighted by Gasteiger charge is -2.19. The Hall–Kier alpha value is -0.610. The molecule has 1 atom stereocenters. The molecule has 2 rings (SSSR count). The zero-order valence-corrected chi connectivity index (χ0v) is 13.9. The molecule has 0 spiro atoms. The lowest BCUT2D eigenvalue weighted by atomic mass is 9.99. The normalized spacial score (nSPS) is 12.4. The largest absolute Gasteiger partial charge is 0.313 e. The van der Waals surface area contributed by atoms with Gasteiger partial charge in [0, 0.05) is 26.1 Å². The van der Waals surface area contributed by atoms with Gasteiger partial charge in [0.25, 0.3) is 0 Å². The third-order valence-corrected chi connectivity index (χ3v) is 4.18. The fourth-order valence-corrected chi connectivity index (χ4v) is 3.33. The number of nitrogens with one attached hydrogen (secondary N) is 1. The summed E-state index contributed by atoms with van der Waals surface area (Å²) in [4.78, 5) is 0. The number of benzene rings is 2. The highest BCUT2D eigenvalue weighted by molar-refractivity contribution is 9.10. The SMILES string of the molecule is CNC(Cc1cc(F)cc(Br)c1)c1c(Cl)cccc1Cl. The first-order chi connectivity index (χ1) is 9.51. The number of likely N-dealkylation sites (N-methyl/N-ethyl adjacent to an activating group) is 1. The first-order valence-electron chi connectivity index (χ1n) is 6.07.